The molecule has 5 nitrogen and oxygen atoms in total. The molecule has 0 amide bonds. The summed E-state index contributed by atoms with van der Waals surface area (Å²) in [4.78, 5) is 0.0681. The van der Waals surface area contributed by atoms with Gasteiger partial charge in [-0.05, 0) is 11.6 Å². The molecule has 2 rings (SSSR count). The Labute approximate surface area is 144 Å². The van der Waals surface area contributed by atoms with Crippen molar-refractivity contribution in [3.63, 3.8) is 0 Å². The summed E-state index contributed by atoms with van der Waals surface area (Å²) in [6.45, 7) is 11.0. The summed E-state index contributed by atoms with van der Waals surface area (Å²) in [7, 11) is -2.79. The summed E-state index contributed by atoms with van der Waals surface area (Å²) in [6.07, 6.45) is 1.64. The summed E-state index contributed by atoms with van der Waals surface area (Å²) >= 11 is 0. The van der Waals surface area contributed by atoms with Crippen molar-refractivity contribution in [1.82, 2.24) is 0 Å². The molecule has 1 heterocycles. The Morgan fingerprint density at radius 2 is 1.75 bits per heavy atom. The van der Waals surface area contributed by atoms with E-state index < -0.39 is 27.3 Å². The Balaban J connectivity index is 0.00000123. The van der Waals surface area contributed by atoms with Crippen molar-refractivity contribution in [2.45, 2.75) is 36.2 Å². The molecule has 134 valence electrons. The van der Waals surface area contributed by atoms with Gasteiger partial charge < -0.3 is 15.3 Å². The van der Waals surface area contributed by atoms with Crippen LogP contribution in [-0.4, -0.2) is 42.2 Å². The lowest BCUT2D eigenvalue weighted by atomic mass is 9.98. The average Bonchev–Trinajstić information content (AvgIpc) is 2.82. The van der Waals surface area contributed by atoms with E-state index in [0.29, 0.717) is 11.1 Å². The number of rotatable bonds is 4. The molecule has 3 N–H and O–H groups in total. The molecule has 0 aliphatic carbocycles. The second-order valence-corrected chi connectivity index (χ2v) is 6.62. The van der Waals surface area contributed by atoms with E-state index in [9.17, 15) is 18.6 Å². The maximum absolute atomic E-state index is 12.5. The van der Waals surface area contributed by atoms with E-state index in [2.05, 4.69) is 13.2 Å². The van der Waals surface area contributed by atoms with Crippen LogP contribution in [0.3, 0.4) is 0 Å². The molecule has 1 aromatic carbocycles. The van der Waals surface area contributed by atoms with Crippen LogP contribution in [0, 0.1) is 0 Å². The second-order valence-electron chi connectivity index (χ2n) is 4.54. The monoisotopic (exact) mass is 354 g/mol. The molecule has 0 saturated heterocycles. The van der Waals surface area contributed by atoms with Crippen molar-refractivity contribution in [2.75, 3.05) is 7.11 Å². The molecule has 0 aromatic heterocycles. The third-order valence-electron chi connectivity index (χ3n) is 3.41. The maximum atomic E-state index is 12.5. The SMILES string of the molecule is C=C/C=C(\C=C)C(O)C1C(O)c2ccccc2S1(=O)=O.CC.CO. The molecular formula is C18H26O5S. The fraction of sp³-hybridized carbons (Fsp3) is 0.333. The van der Waals surface area contributed by atoms with Crippen molar-refractivity contribution >= 4 is 9.84 Å². The van der Waals surface area contributed by atoms with Gasteiger partial charge in [0.25, 0.3) is 0 Å². The van der Waals surface area contributed by atoms with Gasteiger partial charge in [-0.15, -0.1) is 0 Å². The highest BCUT2D eigenvalue weighted by Gasteiger charge is 2.48. The minimum Gasteiger partial charge on any atom is -0.400 e. The molecule has 1 aliphatic rings. The van der Waals surface area contributed by atoms with Gasteiger partial charge in [0.05, 0.1) is 11.0 Å². The highest BCUT2D eigenvalue weighted by molar-refractivity contribution is 7.92. The predicted octanol–water partition coefficient (Wildman–Crippen LogP) is 2.17. The van der Waals surface area contributed by atoms with E-state index >= 15 is 0 Å². The van der Waals surface area contributed by atoms with Crippen molar-refractivity contribution in [3.8, 4) is 0 Å². The quantitative estimate of drug-likeness (QED) is 0.720. The normalized spacial score (nSPS) is 22.0. The first-order valence-corrected chi connectivity index (χ1v) is 9.08. The molecule has 3 unspecified atom stereocenters. The molecule has 6 heteroatoms. The average molecular weight is 354 g/mol. The largest absolute Gasteiger partial charge is 0.400 e. The topological polar surface area (TPSA) is 94.8 Å². The van der Waals surface area contributed by atoms with Crippen LogP contribution in [0.4, 0.5) is 0 Å². The number of hydrogen-bond acceptors (Lipinski definition) is 5. The van der Waals surface area contributed by atoms with Gasteiger partial charge in [0.15, 0.2) is 9.84 Å². The Morgan fingerprint density at radius 1 is 1.21 bits per heavy atom. The van der Waals surface area contributed by atoms with Gasteiger partial charge >= 0.3 is 0 Å². The molecule has 0 fully saturated rings. The van der Waals surface area contributed by atoms with Gasteiger partial charge in [-0.3, -0.25) is 0 Å². The summed E-state index contributed by atoms with van der Waals surface area (Å²) in [5, 5.41) is 26.2. The van der Waals surface area contributed by atoms with Crippen molar-refractivity contribution < 1.29 is 23.7 Å². The predicted molar refractivity (Wildman–Crippen MR) is 96.4 cm³/mol. The zero-order valence-corrected chi connectivity index (χ0v) is 15.1. The maximum Gasteiger partial charge on any atom is 0.187 e. The molecule has 3 atom stereocenters. The van der Waals surface area contributed by atoms with Crippen LogP contribution >= 0.6 is 0 Å². The Hall–Kier alpha value is -1.73. The van der Waals surface area contributed by atoms with Crippen LogP contribution in [0.1, 0.15) is 25.5 Å². The number of fused-ring (bicyclic) bond motifs is 1. The van der Waals surface area contributed by atoms with Crippen LogP contribution in [0.2, 0.25) is 0 Å². The minimum atomic E-state index is -3.79. The lowest BCUT2D eigenvalue weighted by molar-refractivity contribution is 0.109. The molecule has 0 saturated carbocycles. The molecule has 0 radical (unpaired) electrons. The van der Waals surface area contributed by atoms with Gasteiger partial charge in [0.1, 0.15) is 11.4 Å². The number of sulfone groups is 1. The Morgan fingerprint density at radius 3 is 2.21 bits per heavy atom. The number of hydrogen-bond donors (Lipinski definition) is 3. The van der Waals surface area contributed by atoms with Crippen LogP contribution in [0.5, 0.6) is 0 Å². The Kier molecular flexibility index (Phi) is 9.47. The van der Waals surface area contributed by atoms with E-state index in [-0.39, 0.29) is 4.90 Å². The minimum absolute atomic E-state index is 0.0681. The highest BCUT2D eigenvalue weighted by atomic mass is 32.2. The van der Waals surface area contributed by atoms with Crippen LogP contribution in [0.15, 0.2) is 66.1 Å². The molecule has 0 spiro atoms. The van der Waals surface area contributed by atoms with E-state index in [4.69, 9.17) is 5.11 Å². The number of allylic oxidation sites excluding steroid dienone is 2. The second kappa shape index (κ2) is 10.2. The number of aliphatic hydroxyl groups excluding tert-OH is 3. The number of benzene rings is 1. The third kappa shape index (κ3) is 4.21. The lowest BCUT2D eigenvalue weighted by Gasteiger charge is -2.21. The first-order valence-electron chi connectivity index (χ1n) is 7.54. The van der Waals surface area contributed by atoms with Crippen LogP contribution in [0.25, 0.3) is 0 Å². The zero-order chi connectivity index (χ0) is 18.9. The van der Waals surface area contributed by atoms with E-state index in [1.807, 2.05) is 13.8 Å². The van der Waals surface area contributed by atoms with Crippen molar-refractivity contribution in [2.24, 2.45) is 0 Å². The molecule has 1 aliphatic heterocycles. The van der Waals surface area contributed by atoms with Gasteiger partial charge in [0, 0.05) is 12.7 Å². The van der Waals surface area contributed by atoms with E-state index in [1.165, 1.54) is 24.3 Å². The summed E-state index contributed by atoms with van der Waals surface area (Å²) in [5.74, 6) is 0. The fourth-order valence-electron chi connectivity index (χ4n) is 2.43. The summed E-state index contributed by atoms with van der Waals surface area (Å²) in [6, 6.07) is 6.23. The van der Waals surface area contributed by atoms with E-state index in [0.717, 1.165) is 7.11 Å². The van der Waals surface area contributed by atoms with Crippen molar-refractivity contribution in [3.05, 3.63) is 66.8 Å². The molecule has 24 heavy (non-hydrogen) atoms. The highest BCUT2D eigenvalue weighted by Crippen LogP contribution is 2.41. The van der Waals surface area contributed by atoms with Gasteiger partial charge in [0.2, 0.25) is 0 Å². The van der Waals surface area contributed by atoms with Crippen LogP contribution < -0.4 is 0 Å². The van der Waals surface area contributed by atoms with Gasteiger partial charge in [-0.25, -0.2) is 8.42 Å². The smallest absolute Gasteiger partial charge is 0.187 e. The molecule has 0 bridgehead atoms. The first-order chi connectivity index (χ1) is 11.4. The number of aliphatic hydroxyl groups is 3. The summed E-state index contributed by atoms with van der Waals surface area (Å²) < 4.78 is 24.9. The third-order valence-corrected chi connectivity index (χ3v) is 5.63. The lowest BCUT2D eigenvalue weighted by Crippen LogP contribution is -2.35. The molecule has 1 aromatic rings. The van der Waals surface area contributed by atoms with Gasteiger partial charge in [-0.1, -0.05) is 63.4 Å². The zero-order valence-electron chi connectivity index (χ0n) is 14.3. The van der Waals surface area contributed by atoms with Crippen LogP contribution in [-0.2, 0) is 9.84 Å². The Bertz CT molecular complexity index is 676. The summed E-state index contributed by atoms with van der Waals surface area (Å²) in [5.41, 5.74) is 0.624. The van der Waals surface area contributed by atoms with Crippen molar-refractivity contribution in [1.29, 1.82) is 0 Å². The fourth-order valence-corrected chi connectivity index (χ4v) is 4.49. The molecular weight excluding hydrogens is 328 g/mol. The van der Waals surface area contributed by atoms with Gasteiger partial charge in [-0.2, -0.15) is 0 Å². The first kappa shape index (κ1) is 22.3. The standard InChI is InChI=1S/C15H16O4S.C2H6.CH4O/c1-3-7-10(4-2)13(16)15-14(17)11-8-5-6-9-12(11)20(15,18)19;2*1-2/h3-9,13-17H,1-2H2;1-2H3;2H,1H3/b10-7+;;. The van der Waals surface area contributed by atoms with E-state index in [1.54, 1.807) is 18.2 Å².